The average molecular weight is 481 g/mol. The Morgan fingerprint density at radius 1 is 0.879 bits per heavy atom. The Balaban J connectivity index is 1.49. The lowest BCUT2D eigenvalue weighted by Crippen LogP contribution is -2.53. The van der Waals surface area contributed by atoms with Crippen LogP contribution in [0.3, 0.4) is 0 Å². The Morgan fingerprint density at radius 2 is 1.48 bits per heavy atom. The fraction of sp³-hybridized carbons (Fsp3) is 0.259. The topological polar surface area (TPSA) is 49.4 Å². The third-order valence-corrected chi connectivity index (χ3v) is 6.41. The number of amides is 2. The lowest BCUT2D eigenvalue weighted by atomic mass is 9.91. The minimum Gasteiger partial charge on any atom is -0.353 e. The molecule has 2 atom stereocenters. The number of benzene rings is 3. The maximum absolute atomic E-state index is 13.4. The van der Waals surface area contributed by atoms with Crippen molar-refractivity contribution >= 4 is 35.0 Å². The van der Waals surface area contributed by atoms with E-state index in [4.69, 9.17) is 23.2 Å². The SMILES string of the molecule is O=C(Cc1ccccc1)N[C@H]1CCN(C(=O)c2cc(Cl)cc(Cl)c2)[C@H](Cc2ccccc2)C1. The number of hydrogen-bond acceptors (Lipinski definition) is 2. The van der Waals surface area contributed by atoms with E-state index in [0.29, 0.717) is 47.8 Å². The van der Waals surface area contributed by atoms with Crippen LogP contribution in [-0.2, 0) is 17.6 Å². The standard InChI is InChI=1S/C27H26Cl2N2O2/c28-22-15-21(16-23(29)17-22)27(33)31-12-11-24(18-25(31)13-19-7-3-1-4-8-19)30-26(32)14-20-9-5-2-6-10-20/h1-10,15-17,24-25H,11-14,18H2,(H,30,32)/t24-,25+/m0/s1. The van der Waals surface area contributed by atoms with Gasteiger partial charge >= 0.3 is 0 Å². The summed E-state index contributed by atoms with van der Waals surface area (Å²) in [5.74, 6) is -0.0829. The van der Waals surface area contributed by atoms with Crippen molar-refractivity contribution in [3.63, 3.8) is 0 Å². The number of carbonyl (C=O) groups excluding carboxylic acids is 2. The second-order valence-corrected chi connectivity index (χ2v) is 9.32. The van der Waals surface area contributed by atoms with Crippen LogP contribution in [0.1, 0.15) is 34.3 Å². The van der Waals surface area contributed by atoms with Crippen LogP contribution in [0.2, 0.25) is 10.0 Å². The van der Waals surface area contributed by atoms with E-state index in [2.05, 4.69) is 17.4 Å². The highest BCUT2D eigenvalue weighted by molar-refractivity contribution is 6.35. The van der Waals surface area contributed by atoms with Crippen molar-refractivity contribution in [2.24, 2.45) is 0 Å². The first-order valence-corrected chi connectivity index (χ1v) is 11.9. The number of hydrogen-bond donors (Lipinski definition) is 1. The molecule has 0 aliphatic carbocycles. The summed E-state index contributed by atoms with van der Waals surface area (Å²) in [6.07, 6.45) is 2.46. The van der Waals surface area contributed by atoms with Crippen molar-refractivity contribution in [1.82, 2.24) is 10.2 Å². The van der Waals surface area contributed by atoms with Crippen LogP contribution in [0.5, 0.6) is 0 Å². The van der Waals surface area contributed by atoms with E-state index in [-0.39, 0.29) is 23.9 Å². The summed E-state index contributed by atoms with van der Waals surface area (Å²) in [6, 6.07) is 24.7. The minimum atomic E-state index is -0.0885. The van der Waals surface area contributed by atoms with Crippen LogP contribution in [0.4, 0.5) is 0 Å². The van der Waals surface area contributed by atoms with Gasteiger partial charge in [0.15, 0.2) is 0 Å². The smallest absolute Gasteiger partial charge is 0.254 e. The molecular weight excluding hydrogens is 455 g/mol. The molecule has 1 aliphatic heterocycles. The van der Waals surface area contributed by atoms with Crippen LogP contribution >= 0.6 is 23.2 Å². The van der Waals surface area contributed by atoms with Gasteiger partial charge in [-0.2, -0.15) is 0 Å². The van der Waals surface area contributed by atoms with Crippen molar-refractivity contribution in [2.75, 3.05) is 6.54 Å². The van der Waals surface area contributed by atoms with Crippen LogP contribution in [0.15, 0.2) is 78.9 Å². The van der Waals surface area contributed by atoms with Crippen molar-refractivity contribution in [1.29, 1.82) is 0 Å². The fourth-order valence-electron chi connectivity index (χ4n) is 4.43. The molecule has 170 valence electrons. The van der Waals surface area contributed by atoms with Gasteiger partial charge in [0, 0.05) is 34.2 Å². The monoisotopic (exact) mass is 480 g/mol. The van der Waals surface area contributed by atoms with Gasteiger partial charge in [-0.05, 0) is 48.6 Å². The Morgan fingerprint density at radius 3 is 2.12 bits per heavy atom. The van der Waals surface area contributed by atoms with Gasteiger partial charge in [0.25, 0.3) is 5.91 Å². The Kier molecular flexibility index (Phi) is 7.69. The van der Waals surface area contributed by atoms with E-state index in [0.717, 1.165) is 11.1 Å². The van der Waals surface area contributed by atoms with Crippen LogP contribution < -0.4 is 5.32 Å². The zero-order valence-electron chi connectivity index (χ0n) is 18.2. The molecule has 2 amide bonds. The van der Waals surface area contributed by atoms with Crippen molar-refractivity contribution in [3.8, 4) is 0 Å². The second kappa shape index (κ2) is 10.9. The molecule has 3 aromatic rings. The summed E-state index contributed by atoms with van der Waals surface area (Å²) in [5.41, 5.74) is 2.62. The van der Waals surface area contributed by atoms with Gasteiger partial charge in [-0.25, -0.2) is 0 Å². The van der Waals surface area contributed by atoms with Gasteiger partial charge in [0.05, 0.1) is 6.42 Å². The Bertz CT molecular complexity index is 1090. The molecule has 33 heavy (non-hydrogen) atoms. The van der Waals surface area contributed by atoms with Gasteiger partial charge in [-0.15, -0.1) is 0 Å². The summed E-state index contributed by atoms with van der Waals surface area (Å²) in [4.78, 5) is 27.9. The minimum absolute atomic E-state index is 0.00561. The van der Waals surface area contributed by atoms with Crippen molar-refractivity contribution in [3.05, 3.63) is 106 Å². The number of nitrogens with zero attached hydrogens (tertiary/aromatic N) is 1. The van der Waals surface area contributed by atoms with Gasteiger partial charge in [0.1, 0.15) is 0 Å². The molecule has 0 aromatic heterocycles. The normalized spacial score (nSPS) is 18.1. The van der Waals surface area contributed by atoms with Gasteiger partial charge in [0.2, 0.25) is 5.91 Å². The van der Waals surface area contributed by atoms with Gasteiger partial charge in [-0.1, -0.05) is 83.9 Å². The molecule has 3 aromatic carbocycles. The molecule has 1 fully saturated rings. The number of halogens is 2. The zero-order chi connectivity index (χ0) is 23.2. The highest BCUT2D eigenvalue weighted by Crippen LogP contribution is 2.26. The second-order valence-electron chi connectivity index (χ2n) is 8.45. The summed E-state index contributed by atoms with van der Waals surface area (Å²) in [5, 5.41) is 4.06. The Hall–Kier alpha value is -2.82. The van der Waals surface area contributed by atoms with E-state index in [9.17, 15) is 9.59 Å². The molecular formula is C27H26Cl2N2O2. The van der Waals surface area contributed by atoms with E-state index < -0.39 is 0 Å². The molecule has 1 aliphatic rings. The fourth-order valence-corrected chi connectivity index (χ4v) is 4.96. The lowest BCUT2D eigenvalue weighted by molar-refractivity contribution is -0.121. The number of carbonyl (C=O) groups is 2. The maximum atomic E-state index is 13.4. The van der Waals surface area contributed by atoms with E-state index in [1.807, 2.05) is 53.4 Å². The first-order valence-electron chi connectivity index (χ1n) is 11.1. The summed E-state index contributed by atoms with van der Waals surface area (Å²) >= 11 is 12.3. The lowest BCUT2D eigenvalue weighted by Gasteiger charge is -2.40. The van der Waals surface area contributed by atoms with Crippen LogP contribution in [0.25, 0.3) is 0 Å². The van der Waals surface area contributed by atoms with Crippen molar-refractivity contribution < 1.29 is 9.59 Å². The van der Waals surface area contributed by atoms with Gasteiger partial charge < -0.3 is 10.2 Å². The third kappa shape index (κ3) is 6.37. The maximum Gasteiger partial charge on any atom is 0.254 e. The molecule has 1 N–H and O–H groups in total. The molecule has 4 rings (SSSR count). The molecule has 0 radical (unpaired) electrons. The summed E-state index contributed by atoms with van der Waals surface area (Å²) in [7, 11) is 0. The van der Waals surface area contributed by atoms with E-state index >= 15 is 0 Å². The third-order valence-electron chi connectivity index (χ3n) is 5.97. The highest BCUT2D eigenvalue weighted by Gasteiger charge is 2.33. The van der Waals surface area contributed by atoms with E-state index in [1.54, 1.807) is 18.2 Å². The zero-order valence-corrected chi connectivity index (χ0v) is 19.7. The molecule has 0 unspecified atom stereocenters. The highest BCUT2D eigenvalue weighted by atomic mass is 35.5. The molecule has 4 nitrogen and oxygen atoms in total. The first-order chi connectivity index (χ1) is 16.0. The van der Waals surface area contributed by atoms with Crippen LogP contribution in [-0.4, -0.2) is 35.3 Å². The first kappa shape index (κ1) is 23.3. The molecule has 6 heteroatoms. The molecule has 1 heterocycles. The van der Waals surface area contributed by atoms with Crippen LogP contribution in [0, 0.1) is 0 Å². The largest absolute Gasteiger partial charge is 0.353 e. The van der Waals surface area contributed by atoms with Gasteiger partial charge in [-0.3, -0.25) is 9.59 Å². The quantitative estimate of drug-likeness (QED) is 0.501. The number of nitrogens with one attached hydrogen (secondary N) is 1. The molecule has 1 saturated heterocycles. The molecule has 0 spiro atoms. The predicted molar refractivity (Wildman–Crippen MR) is 133 cm³/mol. The van der Waals surface area contributed by atoms with E-state index in [1.165, 1.54) is 0 Å². The molecule has 0 bridgehead atoms. The number of piperidine rings is 1. The summed E-state index contributed by atoms with van der Waals surface area (Å²) in [6.45, 7) is 0.552. The summed E-state index contributed by atoms with van der Waals surface area (Å²) < 4.78 is 0. The Labute approximate surface area is 204 Å². The number of likely N-dealkylation sites (tertiary alicyclic amines) is 1. The number of rotatable bonds is 6. The average Bonchev–Trinajstić information content (AvgIpc) is 2.79. The van der Waals surface area contributed by atoms with Crippen molar-refractivity contribution in [2.45, 2.75) is 37.8 Å². The predicted octanol–water partition coefficient (Wildman–Crippen LogP) is 5.57. The molecule has 0 saturated carbocycles.